The Labute approximate surface area is 218 Å². The number of amidine groups is 1. The number of pyridine rings is 1. The maximum Gasteiger partial charge on any atom is 0.433 e. The van der Waals surface area contributed by atoms with Gasteiger partial charge >= 0.3 is 6.18 Å². The van der Waals surface area contributed by atoms with Crippen molar-refractivity contribution in [2.75, 3.05) is 39.8 Å². The van der Waals surface area contributed by atoms with E-state index in [1.165, 1.54) is 19.3 Å². The van der Waals surface area contributed by atoms with Crippen LogP contribution in [-0.4, -0.2) is 83.7 Å². The van der Waals surface area contributed by atoms with Crippen LogP contribution in [0.3, 0.4) is 0 Å². The molecular formula is C25H33F4N7O2. The van der Waals surface area contributed by atoms with Gasteiger partial charge in [-0.25, -0.2) is 4.99 Å². The van der Waals surface area contributed by atoms with Gasteiger partial charge in [-0.15, -0.1) is 0 Å². The number of aromatic nitrogens is 1. The molecule has 1 aromatic rings. The van der Waals surface area contributed by atoms with Crippen molar-refractivity contribution in [3.05, 3.63) is 41.2 Å². The molecule has 0 aromatic carbocycles. The Morgan fingerprint density at radius 1 is 1.39 bits per heavy atom. The predicted molar refractivity (Wildman–Crippen MR) is 134 cm³/mol. The van der Waals surface area contributed by atoms with Crippen molar-refractivity contribution >= 4 is 18.5 Å². The van der Waals surface area contributed by atoms with Gasteiger partial charge < -0.3 is 21.1 Å². The lowest BCUT2D eigenvalue weighted by Gasteiger charge is -2.42. The molecule has 3 unspecified atom stereocenters. The largest absolute Gasteiger partial charge is 0.433 e. The number of likely N-dealkylation sites (tertiary alicyclic amines) is 2. The first-order chi connectivity index (χ1) is 17.9. The monoisotopic (exact) mass is 539 g/mol. The summed E-state index contributed by atoms with van der Waals surface area (Å²) in [5.74, 6) is -1.11. The van der Waals surface area contributed by atoms with E-state index in [-0.39, 0.29) is 49.2 Å². The standard InChI is InChI=1S/C25H33F4N7O2/c1-24(38)13-35(12-19(30)37)7-6-16(24)10-34-22(31-2)20(26)23(32-3)36-11-15-8-17(15)21(36)14-4-5-18(33-9-14)25(27,28)29/h4-5,9,15-17,21,34,38H,2,6-8,10-13H2,1,3H3,(H2,30,37)/b22-20-,32-23?/t15?,16-,17?,21?,24-/m0/s1. The van der Waals surface area contributed by atoms with E-state index in [2.05, 4.69) is 27.0 Å². The van der Waals surface area contributed by atoms with Gasteiger partial charge in [-0.3, -0.25) is 19.7 Å². The zero-order valence-electron chi connectivity index (χ0n) is 21.4. The summed E-state index contributed by atoms with van der Waals surface area (Å²) in [6.07, 6.45) is -1.89. The lowest BCUT2D eigenvalue weighted by Crippen LogP contribution is -2.55. The summed E-state index contributed by atoms with van der Waals surface area (Å²) >= 11 is 0. The molecule has 208 valence electrons. The number of halogens is 4. The number of alkyl halides is 3. The molecule has 0 radical (unpaired) electrons. The van der Waals surface area contributed by atoms with Gasteiger partial charge in [-0.1, -0.05) is 6.07 Å². The highest BCUT2D eigenvalue weighted by atomic mass is 19.4. The molecule has 2 saturated heterocycles. The highest BCUT2D eigenvalue weighted by Crippen LogP contribution is 2.57. The van der Waals surface area contributed by atoms with E-state index in [1.807, 2.05) is 0 Å². The first-order valence-electron chi connectivity index (χ1n) is 12.5. The molecule has 4 rings (SSSR count). The van der Waals surface area contributed by atoms with Crippen LogP contribution in [0, 0.1) is 17.8 Å². The van der Waals surface area contributed by atoms with E-state index in [9.17, 15) is 23.1 Å². The molecule has 1 aliphatic carbocycles. The molecule has 3 fully saturated rings. The molecule has 3 heterocycles. The van der Waals surface area contributed by atoms with Crippen LogP contribution in [0.1, 0.15) is 37.1 Å². The number of rotatable bonds is 8. The normalized spacial score (nSPS) is 30.5. The van der Waals surface area contributed by atoms with Gasteiger partial charge in [-0.05, 0) is 56.5 Å². The molecule has 0 bridgehead atoms. The molecule has 1 aromatic heterocycles. The Balaban J connectivity index is 1.49. The summed E-state index contributed by atoms with van der Waals surface area (Å²) in [5, 5.41) is 13.9. The third-order valence-corrected chi connectivity index (χ3v) is 7.73. The Bertz CT molecular complexity index is 1120. The molecule has 9 nitrogen and oxygen atoms in total. The number of carbonyl (C=O) groups is 1. The third kappa shape index (κ3) is 5.83. The molecule has 5 atom stereocenters. The number of aliphatic hydroxyl groups is 1. The Kier molecular flexibility index (Phi) is 7.80. The lowest BCUT2D eigenvalue weighted by molar-refractivity contribution is -0.141. The van der Waals surface area contributed by atoms with Crippen LogP contribution in [0.25, 0.3) is 0 Å². The van der Waals surface area contributed by atoms with Gasteiger partial charge in [0.2, 0.25) is 11.7 Å². The number of piperidine rings is 2. The van der Waals surface area contributed by atoms with E-state index in [0.717, 1.165) is 12.5 Å². The highest BCUT2D eigenvalue weighted by molar-refractivity contribution is 5.97. The molecule has 1 amide bonds. The van der Waals surface area contributed by atoms with E-state index in [0.29, 0.717) is 31.0 Å². The van der Waals surface area contributed by atoms with Gasteiger partial charge in [0.1, 0.15) is 5.69 Å². The molecule has 38 heavy (non-hydrogen) atoms. The van der Waals surface area contributed by atoms with Crippen LogP contribution in [0.4, 0.5) is 17.6 Å². The van der Waals surface area contributed by atoms with Crippen LogP contribution in [0.5, 0.6) is 0 Å². The van der Waals surface area contributed by atoms with Crippen LogP contribution < -0.4 is 11.1 Å². The topological polar surface area (TPSA) is 119 Å². The summed E-state index contributed by atoms with van der Waals surface area (Å²) in [6.45, 7) is 6.69. The minimum atomic E-state index is -4.54. The van der Waals surface area contributed by atoms with Crippen molar-refractivity contribution < 1.29 is 27.5 Å². The van der Waals surface area contributed by atoms with Crippen molar-refractivity contribution in [2.24, 2.45) is 33.5 Å². The van der Waals surface area contributed by atoms with E-state index in [1.54, 1.807) is 16.7 Å². The summed E-state index contributed by atoms with van der Waals surface area (Å²) in [6, 6.07) is 1.97. The Morgan fingerprint density at radius 2 is 2.13 bits per heavy atom. The van der Waals surface area contributed by atoms with E-state index in [4.69, 9.17) is 5.73 Å². The van der Waals surface area contributed by atoms with E-state index >= 15 is 4.39 Å². The van der Waals surface area contributed by atoms with E-state index < -0.39 is 29.2 Å². The number of nitrogens with one attached hydrogen (secondary N) is 1. The molecule has 4 N–H and O–H groups in total. The number of primary amides is 1. The summed E-state index contributed by atoms with van der Waals surface area (Å²) in [4.78, 5) is 26.4. The van der Waals surface area contributed by atoms with Crippen molar-refractivity contribution in [3.8, 4) is 0 Å². The smallest absolute Gasteiger partial charge is 0.388 e. The fourth-order valence-electron chi connectivity index (χ4n) is 5.73. The van der Waals surface area contributed by atoms with Crippen molar-refractivity contribution in [3.63, 3.8) is 0 Å². The van der Waals surface area contributed by atoms with Crippen molar-refractivity contribution in [1.29, 1.82) is 0 Å². The number of aliphatic imine (C=N–C) groups is 2. The number of β-amino-alcohol motifs (C(OH)–C–C–N with tert-alkyl or cyclic N) is 1. The second-order valence-corrected chi connectivity index (χ2v) is 10.5. The number of fused-ring (bicyclic) bond motifs is 1. The number of nitrogens with zero attached hydrogens (tertiary/aromatic N) is 5. The van der Waals surface area contributed by atoms with Crippen LogP contribution in [-0.2, 0) is 11.0 Å². The van der Waals surface area contributed by atoms with Crippen LogP contribution in [0.15, 0.2) is 40.0 Å². The van der Waals surface area contributed by atoms with Crippen molar-refractivity contribution in [1.82, 2.24) is 20.1 Å². The molecule has 2 aliphatic heterocycles. The van der Waals surface area contributed by atoms with Crippen LogP contribution >= 0.6 is 0 Å². The highest BCUT2D eigenvalue weighted by Gasteiger charge is 2.54. The molecular weight excluding hydrogens is 506 g/mol. The minimum absolute atomic E-state index is 0.0278. The maximum absolute atomic E-state index is 15.8. The number of nitrogens with two attached hydrogens (primary N) is 1. The van der Waals surface area contributed by atoms with Gasteiger partial charge in [0.15, 0.2) is 11.7 Å². The van der Waals surface area contributed by atoms with Crippen LogP contribution in [0.2, 0.25) is 0 Å². The Morgan fingerprint density at radius 3 is 2.68 bits per heavy atom. The van der Waals surface area contributed by atoms with Gasteiger partial charge in [0.05, 0.1) is 18.2 Å². The summed E-state index contributed by atoms with van der Waals surface area (Å²) < 4.78 is 54.8. The average Bonchev–Trinajstić information content (AvgIpc) is 3.49. The zero-order chi connectivity index (χ0) is 27.8. The lowest BCUT2D eigenvalue weighted by atomic mass is 9.82. The zero-order valence-corrected chi connectivity index (χ0v) is 21.4. The third-order valence-electron chi connectivity index (χ3n) is 7.73. The first-order valence-corrected chi connectivity index (χ1v) is 12.5. The fraction of sp³-hybridized carbons (Fsp3) is 0.600. The average molecular weight is 540 g/mol. The molecule has 0 spiro atoms. The summed E-state index contributed by atoms with van der Waals surface area (Å²) in [5.41, 5.74) is 3.70. The quantitative estimate of drug-likeness (QED) is 0.265. The van der Waals surface area contributed by atoms with Gasteiger partial charge in [0, 0.05) is 38.8 Å². The molecule has 1 saturated carbocycles. The summed E-state index contributed by atoms with van der Waals surface area (Å²) in [7, 11) is 1.45. The number of carbonyl (C=O) groups excluding carboxylic acids is 1. The Hall–Kier alpha value is -3.06. The number of amides is 1. The van der Waals surface area contributed by atoms with Gasteiger partial charge in [0.25, 0.3) is 0 Å². The predicted octanol–water partition coefficient (Wildman–Crippen LogP) is 2.11. The number of hydrogen-bond acceptors (Lipinski definition) is 7. The van der Waals surface area contributed by atoms with Crippen molar-refractivity contribution in [2.45, 2.75) is 37.6 Å². The SMILES string of the molecule is C=N/C(NC[C@@H]1CCN(CC(N)=O)C[C@]1(C)O)=C(/F)C(=NC)N1CC2CC2C1c1ccc(C(F)(F)F)nc1. The first kappa shape index (κ1) is 28.0. The molecule has 3 aliphatic rings. The fourth-order valence-corrected chi connectivity index (χ4v) is 5.73. The molecule has 13 heteroatoms. The van der Waals surface area contributed by atoms with Gasteiger partial charge in [-0.2, -0.15) is 17.6 Å². The second kappa shape index (κ2) is 10.6. The minimum Gasteiger partial charge on any atom is -0.388 e. The second-order valence-electron chi connectivity index (χ2n) is 10.5. The maximum atomic E-state index is 15.8. The number of hydrogen-bond donors (Lipinski definition) is 3.